The van der Waals surface area contributed by atoms with Crippen LogP contribution in [0.1, 0.15) is 17.3 Å². The molecule has 0 spiro atoms. The van der Waals surface area contributed by atoms with E-state index in [1.165, 1.54) is 13.3 Å². The first-order valence-corrected chi connectivity index (χ1v) is 6.08. The number of methoxy groups -OCH3 is 1. The van der Waals surface area contributed by atoms with E-state index in [-0.39, 0.29) is 5.91 Å². The highest BCUT2D eigenvalue weighted by Gasteiger charge is 2.21. The summed E-state index contributed by atoms with van der Waals surface area (Å²) in [6, 6.07) is 2.99. The number of nitrogens with one attached hydrogen (secondary N) is 1. The molecular weight excluding hydrogens is 260 g/mol. The lowest BCUT2D eigenvalue weighted by Gasteiger charge is -2.12. The van der Waals surface area contributed by atoms with Gasteiger partial charge in [-0.25, -0.2) is 4.79 Å². The SMILES string of the molecule is COC(=O)C(C)NC(=O)c1cnn(C)c1-n1cccc1. The molecule has 0 aromatic carbocycles. The highest BCUT2D eigenvalue weighted by Crippen LogP contribution is 2.14. The molecule has 20 heavy (non-hydrogen) atoms. The van der Waals surface area contributed by atoms with E-state index in [4.69, 9.17) is 0 Å². The van der Waals surface area contributed by atoms with Crippen LogP contribution in [-0.4, -0.2) is 39.4 Å². The van der Waals surface area contributed by atoms with E-state index in [0.29, 0.717) is 11.4 Å². The molecule has 7 nitrogen and oxygen atoms in total. The van der Waals surface area contributed by atoms with Crippen molar-refractivity contribution < 1.29 is 14.3 Å². The van der Waals surface area contributed by atoms with Crippen LogP contribution in [0.2, 0.25) is 0 Å². The Labute approximate surface area is 116 Å². The van der Waals surface area contributed by atoms with Gasteiger partial charge in [-0.1, -0.05) is 0 Å². The third kappa shape index (κ3) is 2.56. The second-order valence-corrected chi connectivity index (χ2v) is 4.31. The number of aryl methyl sites for hydroxylation is 1. The molecule has 0 bridgehead atoms. The van der Waals surface area contributed by atoms with E-state index in [9.17, 15) is 9.59 Å². The van der Waals surface area contributed by atoms with Gasteiger partial charge in [0.15, 0.2) is 0 Å². The quantitative estimate of drug-likeness (QED) is 0.825. The number of hydrogen-bond acceptors (Lipinski definition) is 4. The summed E-state index contributed by atoms with van der Waals surface area (Å²) < 4.78 is 7.95. The first-order chi connectivity index (χ1) is 9.54. The zero-order valence-corrected chi connectivity index (χ0v) is 11.5. The molecule has 7 heteroatoms. The summed E-state index contributed by atoms with van der Waals surface area (Å²) in [5.41, 5.74) is 0.388. The molecule has 1 N–H and O–H groups in total. The van der Waals surface area contributed by atoms with Crippen molar-refractivity contribution in [3.63, 3.8) is 0 Å². The lowest BCUT2D eigenvalue weighted by atomic mass is 10.2. The van der Waals surface area contributed by atoms with Crippen molar-refractivity contribution in [1.82, 2.24) is 19.7 Å². The highest BCUT2D eigenvalue weighted by atomic mass is 16.5. The molecule has 2 aromatic rings. The van der Waals surface area contributed by atoms with Gasteiger partial charge in [-0.2, -0.15) is 5.10 Å². The molecule has 1 atom stereocenters. The number of hydrogen-bond donors (Lipinski definition) is 1. The number of carbonyl (C=O) groups is 2. The Morgan fingerprint density at radius 3 is 2.60 bits per heavy atom. The summed E-state index contributed by atoms with van der Waals surface area (Å²) in [6.45, 7) is 1.56. The smallest absolute Gasteiger partial charge is 0.328 e. The van der Waals surface area contributed by atoms with Gasteiger partial charge in [0.05, 0.1) is 13.3 Å². The molecule has 0 aliphatic rings. The highest BCUT2D eigenvalue weighted by molar-refractivity contribution is 5.99. The third-order valence-electron chi connectivity index (χ3n) is 2.90. The molecule has 1 unspecified atom stereocenters. The Balaban J connectivity index is 2.26. The summed E-state index contributed by atoms with van der Waals surface area (Å²) in [7, 11) is 3.02. The first kappa shape index (κ1) is 13.9. The molecule has 0 saturated carbocycles. The van der Waals surface area contributed by atoms with Crippen LogP contribution < -0.4 is 5.32 Å². The fourth-order valence-electron chi connectivity index (χ4n) is 1.88. The maximum Gasteiger partial charge on any atom is 0.328 e. The maximum absolute atomic E-state index is 12.2. The Bertz CT molecular complexity index is 616. The molecule has 1 amide bonds. The molecule has 0 aliphatic carbocycles. The largest absolute Gasteiger partial charge is 0.467 e. The number of rotatable bonds is 4. The van der Waals surface area contributed by atoms with Crippen LogP contribution in [0, 0.1) is 0 Å². The normalized spacial score (nSPS) is 11.9. The second-order valence-electron chi connectivity index (χ2n) is 4.31. The zero-order valence-electron chi connectivity index (χ0n) is 11.5. The van der Waals surface area contributed by atoms with Gasteiger partial charge >= 0.3 is 5.97 Å². The van der Waals surface area contributed by atoms with Gasteiger partial charge in [0.25, 0.3) is 5.91 Å². The van der Waals surface area contributed by atoms with Gasteiger partial charge in [0.2, 0.25) is 0 Å². The van der Waals surface area contributed by atoms with E-state index < -0.39 is 12.0 Å². The topological polar surface area (TPSA) is 78.2 Å². The standard InChI is InChI=1S/C13H16N4O3/c1-9(13(19)20-3)15-11(18)10-8-14-16(2)12(10)17-6-4-5-7-17/h4-9H,1-3H3,(H,15,18). The predicted octanol–water partition coefficient (Wildman–Crippen LogP) is 0.502. The monoisotopic (exact) mass is 276 g/mol. The van der Waals surface area contributed by atoms with Gasteiger partial charge in [-0.3, -0.25) is 9.48 Å². The lowest BCUT2D eigenvalue weighted by molar-refractivity contribution is -0.142. The summed E-state index contributed by atoms with van der Waals surface area (Å²) in [5, 5.41) is 6.67. The van der Waals surface area contributed by atoms with Crippen molar-refractivity contribution in [2.75, 3.05) is 7.11 Å². The molecular formula is C13H16N4O3. The van der Waals surface area contributed by atoms with Crippen LogP contribution in [-0.2, 0) is 16.6 Å². The molecule has 2 rings (SSSR count). The summed E-state index contributed by atoms with van der Waals surface area (Å²) >= 11 is 0. The summed E-state index contributed by atoms with van der Waals surface area (Å²) in [5.74, 6) is -0.242. The van der Waals surface area contributed by atoms with E-state index in [0.717, 1.165) is 0 Å². The van der Waals surface area contributed by atoms with E-state index in [1.54, 1.807) is 23.2 Å². The number of amides is 1. The van der Waals surface area contributed by atoms with Gasteiger partial charge in [-0.05, 0) is 19.1 Å². The van der Waals surface area contributed by atoms with Crippen molar-refractivity contribution in [1.29, 1.82) is 0 Å². The fraction of sp³-hybridized carbons (Fsp3) is 0.308. The minimum atomic E-state index is -0.717. The van der Waals surface area contributed by atoms with Crippen molar-refractivity contribution in [2.45, 2.75) is 13.0 Å². The molecule has 0 saturated heterocycles. The van der Waals surface area contributed by atoms with E-state index >= 15 is 0 Å². The molecule has 106 valence electrons. The Kier molecular flexibility index (Phi) is 3.88. The third-order valence-corrected chi connectivity index (χ3v) is 2.90. The number of aromatic nitrogens is 3. The summed E-state index contributed by atoms with van der Waals surface area (Å²) in [6.07, 6.45) is 5.10. The number of carbonyl (C=O) groups excluding carboxylic acids is 2. The van der Waals surface area contributed by atoms with Crippen LogP contribution in [0.25, 0.3) is 5.82 Å². The summed E-state index contributed by atoms with van der Waals surface area (Å²) in [4.78, 5) is 23.6. The van der Waals surface area contributed by atoms with Crippen LogP contribution in [0.5, 0.6) is 0 Å². The van der Waals surface area contributed by atoms with Crippen LogP contribution in [0.4, 0.5) is 0 Å². The molecule has 0 radical (unpaired) electrons. The van der Waals surface area contributed by atoms with Crippen LogP contribution in [0.15, 0.2) is 30.7 Å². The average Bonchev–Trinajstić information content (AvgIpc) is 3.06. The van der Waals surface area contributed by atoms with Crippen molar-refractivity contribution in [2.24, 2.45) is 7.05 Å². The molecule has 0 aliphatic heterocycles. The van der Waals surface area contributed by atoms with Crippen molar-refractivity contribution in [3.05, 3.63) is 36.3 Å². The Morgan fingerprint density at radius 2 is 2.00 bits per heavy atom. The van der Waals surface area contributed by atoms with Crippen molar-refractivity contribution >= 4 is 11.9 Å². The predicted molar refractivity (Wildman–Crippen MR) is 71.5 cm³/mol. The number of ether oxygens (including phenoxy) is 1. The van der Waals surface area contributed by atoms with Crippen LogP contribution in [0.3, 0.4) is 0 Å². The lowest BCUT2D eigenvalue weighted by Crippen LogP contribution is -2.39. The van der Waals surface area contributed by atoms with E-state index in [1.807, 2.05) is 24.5 Å². The minimum absolute atomic E-state index is 0.375. The molecule has 0 fully saturated rings. The average molecular weight is 276 g/mol. The van der Waals surface area contributed by atoms with Gasteiger partial charge in [0.1, 0.15) is 17.4 Å². The van der Waals surface area contributed by atoms with Gasteiger partial charge < -0.3 is 14.6 Å². The molecule has 2 aromatic heterocycles. The zero-order chi connectivity index (χ0) is 14.7. The fourth-order valence-corrected chi connectivity index (χ4v) is 1.88. The minimum Gasteiger partial charge on any atom is -0.467 e. The number of esters is 1. The first-order valence-electron chi connectivity index (χ1n) is 6.08. The van der Waals surface area contributed by atoms with Crippen LogP contribution >= 0.6 is 0 Å². The molecule has 2 heterocycles. The van der Waals surface area contributed by atoms with E-state index in [2.05, 4.69) is 15.2 Å². The van der Waals surface area contributed by atoms with Gasteiger partial charge in [-0.15, -0.1) is 0 Å². The second kappa shape index (κ2) is 5.60. The maximum atomic E-state index is 12.2. The number of nitrogens with zero attached hydrogens (tertiary/aromatic N) is 3. The van der Waals surface area contributed by atoms with Crippen molar-refractivity contribution in [3.8, 4) is 5.82 Å². The Morgan fingerprint density at radius 1 is 1.35 bits per heavy atom. The van der Waals surface area contributed by atoms with Gasteiger partial charge in [0, 0.05) is 19.4 Å². The Hall–Kier alpha value is -2.57.